The number of benzene rings is 3. The van der Waals surface area contributed by atoms with Crippen molar-refractivity contribution in [3.8, 4) is 11.8 Å². The van der Waals surface area contributed by atoms with Crippen LogP contribution in [0, 0.1) is 36.2 Å². The molecule has 0 fully saturated rings. The Morgan fingerprint density at radius 2 is 1.52 bits per heavy atom. The third-order valence-electron chi connectivity index (χ3n) is 3.96. The van der Waals surface area contributed by atoms with Gasteiger partial charge in [-0.25, -0.2) is 21.6 Å². The summed E-state index contributed by atoms with van der Waals surface area (Å²) in [6.45, 7) is 1.48. The molecule has 0 amide bonds. The summed E-state index contributed by atoms with van der Waals surface area (Å²) in [5.74, 6) is 2.33. The first-order valence-electron chi connectivity index (χ1n) is 8.22. The van der Waals surface area contributed by atoms with Gasteiger partial charge in [0.05, 0.1) is 4.90 Å². The predicted molar refractivity (Wildman–Crippen MR) is 106 cm³/mol. The summed E-state index contributed by atoms with van der Waals surface area (Å²) in [7, 11) is -4.28. The summed E-state index contributed by atoms with van der Waals surface area (Å²) >= 11 is 5.92. The zero-order valence-electron chi connectivity index (χ0n) is 14.9. The maximum atomic E-state index is 14.4. The number of anilines is 1. The van der Waals surface area contributed by atoms with Gasteiger partial charge in [-0.3, -0.25) is 4.72 Å². The summed E-state index contributed by atoms with van der Waals surface area (Å²) in [6, 6.07) is 11.4. The van der Waals surface area contributed by atoms with E-state index in [1.807, 2.05) is 4.72 Å². The Kier molecular flexibility index (Phi) is 5.87. The molecule has 3 rings (SSSR count). The van der Waals surface area contributed by atoms with Crippen LogP contribution in [-0.4, -0.2) is 8.42 Å². The molecule has 3 aromatic rings. The summed E-state index contributed by atoms with van der Waals surface area (Å²) in [5, 5.41) is 0.205. The lowest BCUT2D eigenvalue weighted by Gasteiger charge is -2.12. The molecule has 0 radical (unpaired) electrons. The van der Waals surface area contributed by atoms with Crippen LogP contribution in [0.2, 0.25) is 5.02 Å². The fourth-order valence-electron chi connectivity index (χ4n) is 2.52. The Labute approximate surface area is 171 Å². The predicted octanol–water partition coefficient (Wildman–Crippen LogP) is 5.27. The Morgan fingerprint density at radius 3 is 2.17 bits per heavy atom. The third kappa shape index (κ3) is 4.73. The molecule has 29 heavy (non-hydrogen) atoms. The van der Waals surface area contributed by atoms with Crippen LogP contribution in [0.3, 0.4) is 0 Å². The number of hydrogen-bond donors (Lipinski definition) is 1. The molecule has 0 bridgehead atoms. The SMILES string of the molecule is Cc1c(Cl)cccc1S(=O)(=O)Nc1c(F)cc(C#Cc2cccc(F)c2)cc1F. The van der Waals surface area contributed by atoms with Crippen molar-refractivity contribution in [3.05, 3.63) is 93.8 Å². The van der Waals surface area contributed by atoms with Gasteiger partial charge in [0.15, 0.2) is 11.6 Å². The molecule has 0 spiro atoms. The van der Waals surface area contributed by atoms with Crippen LogP contribution in [0.25, 0.3) is 0 Å². The van der Waals surface area contributed by atoms with E-state index in [0.717, 1.165) is 12.1 Å². The Hall–Kier alpha value is -2.95. The monoisotopic (exact) mass is 435 g/mol. The Bertz CT molecular complexity index is 1240. The third-order valence-corrected chi connectivity index (χ3v) is 5.87. The average molecular weight is 436 g/mol. The summed E-state index contributed by atoms with van der Waals surface area (Å²) in [5.41, 5.74) is -0.293. The van der Waals surface area contributed by atoms with Crippen molar-refractivity contribution in [2.24, 2.45) is 0 Å². The van der Waals surface area contributed by atoms with Crippen LogP contribution in [-0.2, 0) is 10.0 Å². The number of halogens is 4. The fourth-order valence-corrected chi connectivity index (χ4v) is 4.10. The van der Waals surface area contributed by atoms with Gasteiger partial charge in [-0.2, -0.15) is 0 Å². The van der Waals surface area contributed by atoms with E-state index in [4.69, 9.17) is 11.6 Å². The minimum Gasteiger partial charge on any atom is -0.274 e. The van der Waals surface area contributed by atoms with Crippen LogP contribution < -0.4 is 4.72 Å². The van der Waals surface area contributed by atoms with Crippen LogP contribution in [0.15, 0.2) is 59.5 Å². The fraction of sp³-hybridized carbons (Fsp3) is 0.0476. The molecular formula is C21H13ClF3NO2S. The van der Waals surface area contributed by atoms with E-state index in [2.05, 4.69) is 11.8 Å². The summed E-state index contributed by atoms with van der Waals surface area (Å²) in [4.78, 5) is -0.196. The molecular weight excluding hydrogens is 423 g/mol. The molecule has 3 nitrogen and oxygen atoms in total. The standard InChI is InChI=1S/C21H13ClF3NO2S/c1-13-17(22)6-3-7-20(13)29(27,28)26-21-18(24)11-15(12-19(21)25)9-8-14-4-2-5-16(23)10-14/h2-7,10-12,26H,1H3. The Balaban J connectivity index is 1.93. The summed E-state index contributed by atoms with van der Waals surface area (Å²) in [6.07, 6.45) is 0. The van der Waals surface area contributed by atoms with Crippen molar-refractivity contribution in [2.75, 3.05) is 4.72 Å². The van der Waals surface area contributed by atoms with Crippen molar-refractivity contribution in [3.63, 3.8) is 0 Å². The second-order valence-electron chi connectivity index (χ2n) is 6.04. The molecule has 0 heterocycles. The summed E-state index contributed by atoms with van der Waals surface area (Å²) < 4.78 is 69.0. The second kappa shape index (κ2) is 8.19. The van der Waals surface area contributed by atoms with Gasteiger partial charge < -0.3 is 0 Å². The number of hydrogen-bond acceptors (Lipinski definition) is 2. The lowest BCUT2D eigenvalue weighted by Crippen LogP contribution is -2.16. The van der Waals surface area contributed by atoms with E-state index in [-0.39, 0.29) is 21.0 Å². The Morgan fingerprint density at radius 1 is 0.897 bits per heavy atom. The zero-order valence-corrected chi connectivity index (χ0v) is 16.5. The minimum absolute atomic E-state index is 0.0360. The van der Waals surface area contributed by atoms with Crippen LogP contribution >= 0.6 is 11.6 Å². The minimum atomic E-state index is -4.28. The van der Waals surface area contributed by atoms with Crippen LogP contribution in [0.5, 0.6) is 0 Å². The highest BCUT2D eigenvalue weighted by Gasteiger charge is 2.22. The van der Waals surface area contributed by atoms with E-state index in [1.54, 1.807) is 6.07 Å². The first-order chi connectivity index (χ1) is 13.7. The molecule has 148 valence electrons. The van der Waals surface area contributed by atoms with Gasteiger partial charge in [0.1, 0.15) is 11.5 Å². The van der Waals surface area contributed by atoms with Crippen molar-refractivity contribution in [1.82, 2.24) is 0 Å². The quantitative estimate of drug-likeness (QED) is 0.570. The topological polar surface area (TPSA) is 46.2 Å². The largest absolute Gasteiger partial charge is 0.274 e. The highest BCUT2D eigenvalue weighted by Crippen LogP contribution is 2.27. The normalized spacial score (nSPS) is 10.9. The van der Waals surface area contributed by atoms with Crippen LogP contribution in [0.4, 0.5) is 18.9 Å². The lowest BCUT2D eigenvalue weighted by atomic mass is 10.1. The van der Waals surface area contributed by atoms with Crippen molar-refractivity contribution < 1.29 is 21.6 Å². The van der Waals surface area contributed by atoms with Gasteiger partial charge in [0.25, 0.3) is 10.0 Å². The zero-order chi connectivity index (χ0) is 21.2. The highest BCUT2D eigenvalue weighted by atomic mass is 35.5. The first kappa shape index (κ1) is 20.8. The molecule has 0 aliphatic heterocycles. The molecule has 0 saturated heterocycles. The number of rotatable bonds is 3. The maximum absolute atomic E-state index is 14.4. The smallest absolute Gasteiger partial charge is 0.262 e. The molecule has 3 aromatic carbocycles. The van der Waals surface area contributed by atoms with E-state index in [1.165, 1.54) is 43.3 Å². The maximum Gasteiger partial charge on any atom is 0.262 e. The van der Waals surface area contributed by atoms with Gasteiger partial charge in [0, 0.05) is 16.1 Å². The molecule has 1 N–H and O–H groups in total. The second-order valence-corrected chi connectivity index (χ2v) is 8.10. The molecule has 0 aliphatic rings. The van der Waals surface area contributed by atoms with Crippen molar-refractivity contribution in [1.29, 1.82) is 0 Å². The first-order valence-corrected chi connectivity index (χ1v) is 10.1. The lowest BCUT2D eigenvalue weighted by molar-refractivity contribution is 0.582. The van der Waals surface area contributed by atoms with E-state index < -0.39 is 33.2 Å². The number of sulfonamides is 1. The molecule has 0 unspecified atom stereocenters. The molecule has 0 aliphatic carbocycles. The van der Waals surface area contributed by atoms with E-state index in [9.17, 15) is 21.6 Å². The van der Waals surface area contributed by atoms with Gasteiger partial charge >= 0.3 is 0 Å². The van der Waals surface area contributed by atoms with E-state index in [0.29, 0.717) is 5.56 Å². The average Bonchev–Trinajstić information content (AvgIpc) is 2.65. The van der Waals surface area contributed by atoms with Crippen molar-refractivity contribution >= 4 is 27.3 Å². The highest BCUT2D eigenvalue weighted by molar-refractivity contribution is 7.92. The number of nitrogens with one attached hydrogen (secondary N) is 1. The van der Waals surface area contributed by atoms with Gasteiger partial charge in [-0.05, 0) is 55.0 Å². The van der Waals surface area contributed by atoms with Crippen molar-refractivity contribution in [2.45, 2.75) is 11.8 Å². The molecule has 0 saturated carbocycles. The van der Waals surface area contributed by atoms with Gasteiger partial charge in [-0.15, -0.1) is 0 Å². The van der Waals surface area contributed by atoms with E-state index >= 15 is 0 Å². The molecule has 0 atom stereocenters. The molecule has 8 heteroatoms. The van der Waals surface area contributed by atoms with Gasteiger partial charge in [0.2, 0.25) is 0 Å². The van der Waals surface area contributed by atoms with Crippen LogP contribution in [0.1, 0.15) is 16.7 Å². The van der Waals surface area contributed by atoms with Gasteiger partial charge in [-0.1, -0.05) is 35.6 Å². The molecule has 0 aromatic heterocycles.